The summed E-state index contributed by atoms with van der Waals surface area (Å²) in [7, 11) is 6.00. The minimum absolute atomic E-state index is 0.175. The van der Waals surface area contributed by atoms with Crippen molar-refractivity contribution in [3.05, 3.63) is 48.6 Å². The Bertz CT molecular complexity index is 1750. The summed E-state index contributed by atoms with van der Waals surface area (Å²) >= 11 is 0. The van der Waals surface area contributed by atoms with Crippen LogP contribution >= 0.6 is 0 Å². The molecule has 1 N–H and O–H groups in total. The number of nitrogens with zero attached hydrogens (tertiary/aromatic N) is 1. The molecule has 0 heterocycles. The fraction of sp³-hybridized carbons (Fsp3) is 0.876. The number of carbonyl (C=O) groups is 3. The molecule has 0 fully saturated rings. The second kappa shape index (κ2) is 79.9. The molecule has 0 bridgehead atoms. The average molecular weight is 1380 g/mol. The number of hydrogen-bond acceptors (Lipinski definition) is 7. The second-order valence-corrected chi connectivity index (χ2v) is 30.8. The van der Waals surface area contributed by atoms with Gasteiger partial charge in [0.1, 0.15) is 13.2 Å². The normalized spacial score (nSPS) is 12.8. The van der Waals surface area contributed by atoms with Crippen LogP contribution in [0.5, 0.6) is 0 Å². The van der Waals surface area contributed by atoms with Gasteiger partial charge in [0.05, 0.1) is 34.4 Å². The Morgan fingerprint density at radius 1 is 0.316 bits per heavy atom. The fourth-order valence-corrected chi connectivity index (χ4v) is 13.3. The largest absolute Gasteiger partial charge is 0.477 e. The molecule has 2 atom stereocenters. The summed E-state index contributed by atoms with van der Waals surface area (Å²) in [6.45, 7) is 4.85. The molecular weight excluding hydrogens is 1210 g/mol. The third-order valence-corrected chi connectivity index (χ3v) is 19.8. The zero-order chi connectivity index (χ0) is 71.1. The van der Waals surface area contributed by atoms with E-state index in [1.807, 2.05) is 21.1 Å². The van der Waals surface area contributed by atoms with Crippen molar-refractivity contribution in [2.75, 3.05) is 47.5 Å². The van der Waals surface area contributed by atoms with E-state index in [1.165, 1.54) is 353 Å². The molecule has 0 aliphatic heterocycles. The predicted octanol–water partition coefficient (Wildman–Crippen LogP) is 28.0. The van der Waals surface area contributed by atoms with Crippen molar-refractivity contribution in [3.63, 3.8) is 0 Å². The van der Waals surface area contributed by atoms with E-state index in [1.54, 1.807) is 0 Å². The summed E-state index contributed by atoms with van der Waals surface area (Å²) in [6.07, 6.45) is 103. The van der Waals surface area contributed by atoms with Crippen LogP contribution in [0, 0.1) is 0 Å². The van der Waals surface area contributed by atoms with E-state index in [9.17, 15) is 19.5 Å². The zero-order valence-corrected chi connectivity index (χ0v) is 66.2. The van der Waals surface area contributed by atoms with Gasteiger partial charge >= 0.3 is 17.9 Å². The van der Waals surface area contributed by atoms with Gasteiger partial charge in [-0.25, -0.2) is 4.79 Å². The number of carbonyl (C=O) groups excluding carboxylic acids is 2. The number of unbranched alkanes of at least 4 members (excludes halogenated alkanes) is 59. The average Bonchev–Trinajstić information content (AvgIpc) is 1.14. The molecule has 0 aliphatic carbocycles. The first-order chi connectivity index (χ1) is 48.1. The lowest BCUT2D eigenvalue weighted by atomic mass is 10.0. The van der Waals surface area contributed by atoms with Crippen LogP contribution < -0.4 is 0 Å². The Labute approximate surface area is 610 Å². The highest BCUT2D eigenvalue weighted by Crippen LogP contribution is 2.21. The molecule has 0 rings (SSSR count). The first kappa shape index (κ1) is 95.2. The van der Waals surface area contributed by atoms with E-state index >= 15 is 0 Å². The van der Waals surface area contributed by atoms with Gasteiger partial charge in [-0.2, -0.15) is 0 Å². The number of likely N-dealkylation sites (N-methyl/N-ethyl adjacent to an activating group) is 1. The van der Waals surface area contributed by atoms with Crippen molar-refractivity contribution in [2.24, 2.45) is 0 Å². The molecule has 0 saturated heterocycles. The summed E-state index contributed by atoms with van der Waals surface area (Å²) < 4.78 is 23.1. The van der Waals surface area contributed by atoms with Crippen LogP contribution in [0.2, 0.25) is 0 Å². The molecule has 0 aliphatic rings. The van der Waals surface area contributed by atoms with Gasteiger partial charge in [-0.1, -0.05) is 428 Å². The van der Waals surface area contributed by atoms with Gasteiger partial charge in [0.2, 0.25) is 0 Å². The van der Waals surface area contributed by atoms with Gasteiger partial charge in [0.25, 0.3) is 6.29 Å². The highest BCUT2D eigenvalue weighted by molar-refractivity contribution is 5.71. The second-order valence-electron chi connectivity index (χ2n) is 30.8. The smallest absolute Gasteiger partial charge is 0.361 e. The van der Waals surface area contributed by atoms with Crippen LogP contribution in [0.4, 0.5) is 0 Å². The molecule has 0 radical (unpaired) electrons. The maximum absolute atomic E-state index is 13.0. The maximum Gasteiger partial charge on any atom is 0.361 e. The van der Waals surface area contributed by atoms with Crippen LogP contribution in [-0.2, 0) is 33.3 Å². The molecule has 2 unspecified atom stereocenters. The fourth-order valence-electron chi connectivity index (χ4n) is 13.3. The van der Waals surface area contributed by atoms with Gasteiger partial charge in [-0.05, 0) is 51.4 Å². The van der Waals surface area contributed by atoms with E-state index in [-0.39, 0.29) is 38.2 Å². The molecule has 9 nitrogen and oxygen atoms in total. The van der Waals surface area contributed by atoms with Crippen LogP contribution in [-0.4, -0.2) is 87.4 Å². The predicted molar refractivity (Wildman–Crippen MR) is 424 cm³/mol. The minimum Gasteiger partial charge on any atom is -0.477 e. The molecular formula is C89H168NO8+. The molecule has 98 heavy (non-hydrogen) atoms. The highest BCUT2D eigenvalue weighted by Gasteiger charge is 2.25. The van der Waals surface area contributed by atoms with Gasteiger partial charge in [0.15, 0.2) is 6.10 Å². The van der Waals surface area contributed by atoms with E-state index in [0.29, 0.717) is 17.4 Å². The minimum atomic E-state index is -1.51. The van der Waals surface area contributed by atoms with E-state index in [2.05, 4.69) is 62.5 Å². The first-order valence-corrected chi connectivity index (χ1v) is 43.3. The van der Waals surface area contributed by atoms with Crippen molar-refractivity contribution < 1.29 is 42.9 Å². The molecule has 9 heteroatoms. The quantitative estimate of drug-likeness (QED) is 0.0211. The van der Waals surface area contributed by atoms with Crippen LogP contribution in [0.15, 0.2) is 48.6 Å². The Morgan fingerprint density at radius 2 is 0.582 bits per heavy atom. The summed E-state index contributed by atoms with van der Waals surface area (Å²) in [5, 5.41) is 9.79. The highest BCUT2D eigenvalue weighted by atomic mass is 16.7. The number of carboxylic acid groups (broad SMARTS) is 1. The maximum atomic E-state index is 13.0. The number of hydrogen-bond donors (Lipinski definition) is 1. The summed E-state index contributed by atoms with van der Waals surface area (Å²) in [6, 6.07) is 0. The van der Waals surface area contributed by atoms with E-state index in [0.717, 1.165) is 64.2 Å². The number of aliphatic carboxylic acids is 1. The molecule has 576 valence electrons. The third kappa shape index (κ3) is 80.6. The van der Waals surface area contributed by atoms with Gasteiger partial charge in [-0.15, -0.1) is 0 Å². The molecule has 0 aromatic rings. The standard InChI is InChI=1S/C89H167NO8/c1-6-8-10-12-14-16-18-20-22-24-26-28-30-32-34-36-38-40-41-42-43-44-45-46-48-49-51-53-55-57-59-61-63-65-67-69-71-73-75-77-79-86(91)96-83-85(84-97-89(88(93)94)95-82-81-90(3,4)5)98-87(92)80-78-76-74-72-70-68-66-64-62-60-58-56-54-52-50-47-39-37-35-33-31-29-27-25-23-21-19-17-15-13-11-9-7-2/h9,11,15,17,21,23,27,29,85,89H,6-8,10,12-14,16,18-20,22,24-26,28,30-84H2,1-5H3/p+1/b11-9-,17-15-,23-21-,29-27-. The lowest BCUT2D eigenvalue weighted by Crippen LogP contribution is -2.40. The number of carboxylic acids is 1. The van der Waals surface area contributed by atoms with Gasteiger partial charge < -0.3 is 28.5 Å². The number of rotatable bonds is 82. The Hall–Kier alpha value is -2.75. The molecule has 0 amide bonds. The van der Waals surface area contributed by atoms with Crippen molar-refractivity contribution >= 4 is 17.9 Å². The van der Waals surface area contributed by atoms with Crippen molar-refractivity contribution in [2.45, 2.75) is 456 Å². The number of quaternary nitrogens is 1. The Balaban J connectivity index is 3.90. The number of ether oxygens (including phenoxy) is 4. The van der Waals surface area contributed by atoms with Crippen LogP contribution in [0.3, 0.4) is 0 Å². The summed E-state index contributed by atoms with van der Waals surface area (Å²) in [5.74, 6) is -1.97. The lowest BCUT2D eigenvalue weighted by molar-refractivity contribution is -0.870. The molecule has 0 spiro atoms. The molecule has 0 aromatic heterocycles. The van der Waals surface area contributed by atoms with Crippen molar-refractivity contribution in [1.82, 2.24) is 0 Å². The van der Waals surface area contributed by atoms with Crippen LogP contribution in [0.1, 0.15) is 444 Å². The van der Waals surface area contributed by atoms with Gasteiger partial charge in [-0.3, -0.25) is 9.59 Å². The van der Waals surface area contributed by atoms with E-state index < -0.39 is 18.4 Å². The lowest BCUT2D eigenvalue weighted by Gasteiger charge is -2.25. The Kier molecular flexibility index (Phi) is 77.7. The zero-order valence-electron chi connectivity index (χ0n) is 66.2. The van der Waals surface area contributed by atoms with Gasteiger partial charge in [0, 0.05) is 12.8 Å². The van der Waals surface area contributed by atoms with Crippen molar-refractivity contribution in [3.8, 4) is 0 Å². The topological polar surface area (TPSA) is 108 Å². The van der Waals surface area contributed by atoms with Crippen molar-refractivity contribution in [1.29, 1.82) is 0 Å². The van der Waals surface area contributed by atoms with E-state index in [4.69, 9.17) is 18.9 Å². The molecule has 0 saturated carbocycles. The SMILES string of the molecule is CC/C=C\C/C=C\C/C=C\C/C=C\CCCCCCCCCCCCCCCCCCCCCCC(=O)OC(COC(=O)CCCCCCCCCCCCCCCCCCCCCCCCCCCCCCCCCCCCCCCCCC)COC(OCC[N+](C)(C)C)C(=O)O. The summed E-state index contributed by atoms with van der Waals surface area (Å²) in [4.78, 5) is 37.8. The number of esters is 2. The summed E-state index contributed by atoms with van der Waals surface area (Å²) in [5.41, 5.74) is 0. The van der Waals surface area contributed by atoms with Crippen LogP contribution in [0.25, 0.3) is 0 Å². The Morgan fingerprint density at radius 3 is 0.867 bits per heavy atom. The number of allylic oxidation sites excluding steroid dienone is 8. The molecule has 0 aromatic carbocycles. The third-order valence-electron chi connectivity index (χ3n) is 19.8. The monoisotopic (exact) mass is 1380 g/mol. The first-order valence-electron chi connectivity index (χ1n) is 43.3.